The first-order valence-corrected chi connectivity index (χ1v) is 5.47. The SMILES string of the molecule is COc1ccc(-c2nc(C)nc(C)c2N)cc1F. The number of nitrogen functional groups attached to an aromatic ring is 1. The van der Waals surface area contributed by atoms with Crippen LogP contribution in [0, 0.1) is 19.7 Å². The van der Waals surface area contributed by atoms with E-state index in [-0.39, 0.29) is 5.75 Å². The highest BCUT2D eigenvalue weighted by atomic mass is 19.1. The van der Waals surface area contributed by atoms with Gasteiger partial charge in [-0.05, 0) is 32.0 Å². The third-order valence-electron chi connectivity index (χ3n) is 2.67. The van der Waals surface area contributed by atoms with Gasteiger partial charge in [0.2, 0.25) is 0 Å². The molecule has 4 nitrogen and oxygen atoms in total. The average Bonchev–Trinajstić information content (AvgIpc) is 2.33. The molecule has 0 aliphatic carbocycles. The van der Waals surface area contributed by atoms with E-state index >= 15 is 0 Å². The Balaban J connectivity index is 2.58. The maximum atomic E-state index is 13.7. The molecular formula is C13H14FN3O. The van der Waals surface area contributed by atoms with Crippen molar-refractivity contribution >= 4 is 5.69 Å². The van der Waals surface area contributed by atoms with Crippen molar-refractivity contribution in [2.45, 2.75) is 13.8 Å². The molecule has 0 bridgehead atoms. The molecule has 0 spiro atoms. The minimum atomic E-state index is -0.441. The molecule has 0 fully saturated rings. The lowest BCUT2D eigenvalue weighted by Crippen LogP contribution is -2.02. The fourth-order valence-electron chi connectivity index (χ4n) is 1.76. The zero-order valence-corrected chi connectivity index (χ0v) is 10.5. The summed E-state index contributed by atoms with van der Waals surface area (Å²) < 4.78 is 18.5. The summed E-state index contributed by atoms with van der Waals surface area (Å²) in [5.41, 5.74) is 8.23. The van der Waals surface area contributed by atoms with Gasteiger partial charge in [0.15, 0.2) is 11.6 Å². The summed E-state index contributed by atoms with van der Waals surface area (Å²) in [6.07, 6.45) is 0. The first kappa shape index (κ1) is 12.3. The molecule has 1 heterocycles. The maximum absolute atomic E-state index is 13.7. The minimum absolute atomic E-state index is 0.194. The molecule has 0 saturated heterocycles. The third kappa shape index (κ3) is 2.11. The molecule has 18 heavy (non-hydrogen) atoms. The summed E-state index contributed by atoms with van der Waals surface area (Å²) >= 11 is 0. The lowest BCUT2D eigenvalue weighted by atomic mass is 10.1. The lowest BCUT2D eigenvalue weighted by molar-refractivity contribution is 0.386. The van der Waals surface area contributed by atoms with Crippen molar-refractivity contribution in [3.05, 3.63) is 35.5 Å². The number of aromatic nitrogens is 2. The van der Waals surface area contributed by atoms with E-state index < -0.39 is 5.82 Å². The van der Waals surface area contributed by atoms with Gasteiger partial charge in [0.05, 0.1) is 24.2 Å². The zero-order chi connectivity index (χ0) is 13.3. The van der Waals surface area contributed by atoms with Gasteiger partial charge in [-0.2, -0.15) is 0 Å². The highest BCUT2D eigenvalue weighted by molar-refractivity contribution is 5.74. The maximum Gasteiger partial charge on any atom is 0.165 e. The van der Waals surface area contributed by atoms with Gasteiger partial charge < -0.3 is 10.5 Å². The van der Waals surface area contributed by atoms with Crippen LogP contribution in [0.25, 0.3) is 11.3 Å². The van der Waals surface area contributed by atoms with E-state index in [0.717, 1.165) is 0 Å². The van der Waals surface area contributed by atoms with Gasteiger partial charge in [-0.25, -0.2) is 14.4 Å². The van der Waals surface area contributed by atoms with Crippen molar-refractivity contribution in [3.63, 3.8) is 0 Å². The van der Waals surface area contributed by atoms with Crippen LogP contribution in [0.2, 0.25) is 0 Å². The number of hydrogen-bond donors (Lipinski definition) is 1. The Kier molecular flexibility index (Phi) is 3.14. The second kappa shape index (κ2) is 4.60. The summed E-state index contributed by atoms with van der Waals surface area (Å²) in [6, 6.07) is 4.63. The number of ether oxygens (including phenoxy) is 1. The molecule has 2 rings (SSSR count). The van der Waals surface area contributed by atoms with E-state index in [9.17, 15) is 4.39 Å². The summed E-state index contributed by atoms with van der Waals surface area (Å²) in [6.45, 7) is 3.57. The Morgan fingerprint density at radius 2 is 1.94 bits per heavy atom. The number of hydrogen-bond acceptors (Lipinski definition) is 4. The van der Waals surface area contributed by atoms with Gasteiger partial charge in [-0.15, -0.1) is 0 Å². The van der Waals surface area contributed by atoms with E-state index in [4.69, 9.17) is 10.5 Å². The van der Waals surface area contributed by atoms with Crippen LogP contribution in [0.5, 0.6) is 5.75 Å². The standard InChI is InChI=1S/C13H14FN3O/c1-7-12(15)13(17-8(2)16-7)9-4-5-11(18-3)10(14)6-9/h4-6H,15H2,1-3H3. The first-order chi connectivity index (χ1) is 8.52. The summed E-state index contributed by atoms with van der Waals surface area (Å²) in [7, 11) is 1.42. The van der Waals surface area contributed by atoms with E-state index in [2.05, 4.69) is 9.97 Å². The summed E-state index contributed by atoms with van der Waals surface area (Å²) in [4.78, 5) is 8.42. The molecule has 1 aromatic carbocycles. The molecular weight excluding hydrogens is 233 g/mol. The molecule has 0 saturated carbocycles. The van der Waals surface area contributed by atoms with Gasteiger partial charge in [0.25, 0.3) is 0 Å². The van der Waals surface area contributed by atoms with E-state index in [0.29, 0.717) is 28.5 Å². The zero-order valence-electron chi connectivity index (χ0n) is 10.5. The summed E-state index contributed by atoms with van der Waals surface area (Å²) in [5, 5.41) is 0. The second-order valence-electron chi connectivity index (χ2n) is 3.97. The Morgan fingerprint density at radius 3 is 2.56 bits per heavy atom. The van der Waals surface area contributed by atoms with Gasteiger partial charge in [0.1, 0.15) is 5.82 Å². The molecule has 0 unspecified atom stereocenters. The van der Waals surface area contributed by atoms with E-state index in [1.807, 2.05) is 0 Å². The highest BCUT2D eigenvalue weighted by Crippen LogP contribution is 2.29. The molecule has 1 aromatic heterocycles. The Bertz CT molecular complexity index is 599. The van der Waals surface area contributed by atoms with Gasteiger partial charge in [-0.1, -0.05) is 0 Å². The van der Waals surface area contributed by atoms with Crippen molar-refractivity contribution in [1.82, 2.24) is 9.97 Å². The van der Waals surface area contributed by atoms with Crippen LogP contribution in [0.1, 0.15) is 11.5 Å². The third-order valence-corrected chi connectivity index (χ3v) is 2.67. The van der Waals surface area contributed by atoms with Crippen molar-refractivity contribution < 1.29 is 9.13 Å². The van der Waals surface area contributed by atoms with Crippen molar-refractivity contribution in [3.8, 4) is 17.0 Å². The Labute approximate surface area is 105 Å². The largest absolute Gasteiger partial charge is 0.494 e. The van der Waals surface area contributed by atoms with Crippen molar-refractivity contribution in [2.24, 2.45) is 0 Å². The smallest absolute Gasteiger partial charge is 0.165 e. The van der Waals surface area contributed by atoms with Crippen LogP contribution in [0.3, 0.4) is 0 Å². The van der Waals surface area contributed by atoms with Crippen LogP contribution < -0.4 is 10.5 Å². The monoisotopic (exact) mass is 247 g/mol. The number of benzene rings is 1. The Morgan fingerprint density at radius 1 is 1.22 bits per heavy atom. The highest BCUT2D eigenvalue weighted by Gasteiger charge is 2.11. The minimum Gasteiger partial charge on any atom is -0.494 e. The van der Waals surface area contributed by atoms with Crippen LogP contribution in [-0.2, 0) is 0 Å². The number of nitrogens with two attached hydrogens (primary N) is 1. The van der Waals surface area contributed by atoms with Crippen molar-refractivity contribution in [2.75, 3.05) is 12.8 Å². The van der Waals surface area contributed by atoms with Gasteiger partial charge in [-0.3, -0.25) is 0 Å². The lowest BCUT2D eigenvalue weighted by Gasteiger charge is -2.09. The molecule has 2 N–H and O–H groups in total. The van der Waals surface area contributed by atoms with Crippen LogP contribution >= 0.6 is 0 Å². The molecule has 0 atom stereocenters. The quantitative estimate of drug-likeness (QED) is 0.885. The predicted molar refractivity (Wildman–Crippen MR) is 67.9 cm³/mol. The molecule has 2 aromatic rings. The number of methoxy groups -OCH3 is 1. The topological polar surface area (TPSA) is 61.0 Å². The fraction of sp³-hybridized carbons (Fsp3) is 0.231. The predicted octanol–water partition coefficient (Wildman–Crippen LogP) is 2.49. The molecule has 0 aliphatic rings. The summed E-state index contributed by atoms with van der Waals surface area (Å²) in [5.74, 6) is 0.357. The molecule has 0 amide bonds. The molecule has 5 heteroatoms. The van der Waals surface area contributed by atoms with Gasteiger partial charge >= 0.3 is 0 Å². The Hall–Kier alpha value is -2.17. The number of aryl methyl sites for hydroxylation is 2. The first-order valence-electron chi connectivity index (χ1n) is 5.47. The number of anilines is 1. The molecule has 0 radical (unpaired) electrons. The van der Waals surface area contributed by atoms with Crippen LogP contribution in [0.4, 0.5) is 10.1 Å². The van der Waals surface area contributed by atoms with E-state index in [1.165, 1.54) is 13.2 Å². The second-order valence-corrected chi connectivity index (χ2v) is 3.97. The number of rotatable bonds is 2. The number of halogens is 1. The average molecular weight is 247 g/mol. The number of nitrogens with zero attached hydrogens (tertiary/aromatic N) is 2. The van der Waals surface area contributed by atoms with Gasteiger partial charge in [0, 0.05) is 5.56 Å². The molecule has 0 aliphatic heterocycles. The van der Waals surface area contributed by atoms with Crippen molar-refractivity contribution in [1.29, 1.82) is 0 Å². The molecule has 94 valence electrons. The van der Waals surface area contributed by atoms with E-state index in [1.54, 1.807) is 26.0 Å². The van der Waals surface area contributed by atoms with Crippen LogP contribution in [-0.4, -0.2) is 17.1 Å². The normalized spacial score (nSPS) is 10.4. The van der Waals surface area contributed by atoms with Crippen LogP contribution in [0.15, 0.2) is 18.2 Å². The fourth-order valence-corrected chi connectivity index (χ4v) is 1.76.